The van der Waals surface area contributed by atoms with Crippen LogP contribution in [-0.2, 0) is 11.2 Å². The number of nitrogens with zero attached hydrogens (tertiary/aromatic N) is 2. The molecule has 0 aromatic heterocycles. The minimum atomic E-state index is 0.00389. The van der Waals surface area contributed by atoms with E-state index in [1.165, 1.54) is 5.69 Å². The highest BCUT2D eigenvalue weighted by Crippen LogP contribution is 2.25. The smallest absolute Gasteiger partial charge is 0.224 e. The zero-order valence-corrected chi connectivity index (χ0v) is 18.5. The summed E-state index contributed by atoms with van der Waals surface area (Å²) in [6, 6.07) is 12.0. The Morgan fingerprint density at radius 1 is 1.00 bits per heavy atom. The molecule has 162 valence electrons. The maximum Gasteiger partial charge on any atom is 0.224 e. The Labute approximate surface area is 179 Å². The lowest BCUT2D eigenvalue weighted by atomic mass is 10.1. The second kappa shape index (κ2) is 10.3. The van der Waals surface area contributed by atoms with Crippen molar-refractivity contribution in [1.29, 1.82) is 0 Å². The van der Waals surface area contributed by atoms with Crippen LogP contribution in [0.25, 0.3) is 0 Å². The van der Waals surface area contributed by atoms with Crippen molar-refractivity contribution in [2.45, 2.75) is 26.7 Å². The SMILES string of the molecule is CCN1CCN(c2ccc(NC(=O)CCc3cc(OC)cc(OC)c3)c(C)c2)CC1. The van der Waals surface area contributed by atoms with E-state index >= 15 is 0 Å². The quantitative estimate of drug-likeness (QED) is 0.717. The van der Waals surface area contributed by atoms with E-state index in [-0.39, 0.29) is 5.91 Å². The predicted octanol–water partition coefficient (Wildman–Crippen LogP) is 3.73. The van der Waals surface area contributed by atoms with Gasteiger partial charge in [0.15, 0.2) is 0 Å². The number of methoxy groups -OCH3 is 2. The average Bonchev–Trinajstić information content (AvgIpc) is 2.78. The van der Waals surface area contributed by atoms with Gasteiger partial charge in [0.25, 0.3) is 0 Å². The van der Waals surface area contributed by atoms with Gasteiger partial charge in [0.05, 0.1) is 14.2 Å². The Balaban J connectivity index is 1.56. The third kappa shape index (κ3) is 5.66. The molecule has 1 saturated heterocycles. The molecule has 1 aliphatic rings. The second-order valence-corrected chi connectivity index (χ2v) is 7.69. The van der Waals surface area contributed by atoms with Crippen LogP contribution in [0, 0.1) is 6.92 Å². The van der Waals surface area contributed by atoms with Gasteiger partial charge in [-0.05, 0) is 61.3 Å². The first-order valence-corrected chi connectivity index (χ1v) is 10.6. The van der Waals surface area contributed by atoms with Crippen molar-refractivity contribution >= 4 is 17.3 Å². The molecule has 0 bridgehead atoms. The van der Waals surface area contributed by atoms with Crippen molar-refractivity contribution < 1.29 is 14.3 Å². The van der Waals surface area contributed by atoms with Gasteiger partial charge in [0, 0.05) is 50.0 Å². The molecule has 6 heteroatoms. The number of piperazine rings is 1. The number of amides is 1. The van der Waals surface area contributed by atoms with Crippen LogP contribution in [0.5, 0.6) is 11.5 Å². The van der Waals surface area contributed by atoms with Crippen molar-refractivity contribution in [1.82, 2.24) is 4.90 Å². The molecule has 0 radical (unpaired) electrons. The Morgan fingerprint density at radius 2 is 1.67 bits per heavy atom. The van der Waals surface area contributed by atoms with Gasteiger partial charge in [-0.15, -0.1) is 0 Å². The van der Waals surface area contributed by atoms with Gasteiger partial charge in [-0.1, -0.05) is 6.92 Å². The molecule has 2 aromatic rings. The molecule has 0 unspecified atom stereocenters. The highest BCUT2D eigenvalue weighted by atomic mass is 16.5. The average molecular weight is 412 g/mol. The molecule has 1 heterocycles. The van der Waals surface area contributed by atoms with Gasteiger partial charge in [0.1, 0.15) is 11.5 Å². The number of likely N-dealkylation sites (N-methyl/N-ethyl adjacent to an activating group) is 1. The molecular formula is C24H33N3O3. The van der Waals surface area contributed by atoms with Crippen LogP contribution in [0.15, 0.2) is 36.4 Å². The van der Waals surface area contributed by atoms with E-state index in [1.807, 2.05) is 31.2 Å². The van der Waals surface area contributed by atoms with Crippen molar-refractivity contribution in [2.75, 3.05) is 57.2 Å². The summed E-state index contributed by atoms with van der Waals surface area (Å²) in [5, 5.41) is 3.06. The van der Waals surface area contributed by atoms with Crippen molar-refractivity contribution in [3.63, 3.8) is 0 Å². The van der Waals surface area contributed by atoms with Crippen molar-refractivity contribution in [3.8, 4) is 11.5 Å². The number of hydrogen-bond acceptors (Lipinski definition) is 5. The van der Waals surface area contributed by atoms with Crippen molar-refractivity contribution in [2.24, 2.45) is 0 Å². The van der Waals surface area contributed by atoms with Gasteiger partial charge in [-0.25, -0.2) is 0 Å². The van der Waals surface area contributed by atoms with Crippen LogP contribution >= 0.6 is 0 Å². The second-order valence-electron chi connectivity index (χ2n) is 7.69. The Hall–Kier alpha value is -2.73. The lowest BCUT2D eigenvalue weighted by Gasteiger charge is -2.35. The molecule has 2 aromatic carbocycles. The third-order valence-electron chi connectivity index (χ3n) is 5.72. The fourth-order valence-electron chi connectivity index (χ4n) is 3.79. The maximum atomic E-state index is 12.5. The van der Waals surface area contributed by atoms with Crippen LogP contribution < -0.4 is 19.7 Å². The molecule has 1 amide bonds. The number of carbonyl (C=O) groups is 1. The monoisotopic (exact) mass is 411 g/mol. The third-order valence-corrected chi connectivity index (χ3v) is 5.72. The molecule has 6 nitrogen and oxygen atoms in total. The molecule has 3 rings (SSSR count). The summed E-state index contributed by atoms with van der Waals surface area (Å²) in [5.41, 5.74) is 4.20. The first-order chi connectivity index (χ1) is 14.5. The Morgan fingerprint density at radius 3 is 2.23 bits per heavy atom. The highest BCUT2D eigenvalue weighted by molar-refractivity contribution is 5.92. The molecule has 0 spiro atoms. The van der Waals surface area contributed by atoms with E-state index in [0.29, 0.717) is 12.8 Å². The normalized spacial score (nSPS) is 14.5. The summed E-state index contributed by atoms with van der Waals surface area (Å²) in [6.07, 6.45) is 1.02. The number of ether oxygens (including phenoxy) is 2. The molecule has 0 atom stereocenters. The Bertz CT molecular complexity index is 839. The minimum absolute atomic E-state index is 0.00389. The van der Waals surface area contributed by atoms with E-state index in [4.69, 9.17) is 9.47 Å². The summed E-state index contributed by atoms with van der Waals surface area (Å²) >= 11 is 0. The van der Waals surface area contributed by atoms with Crippen LogP contribution in [0.2, 0.25) is 0 Å². The molecule has 0 saturated carbocycles. The standard InChI is InChI=1S/C24H33N3O3/c1-5-26-10-12-27(13-11-26)20-7-8-23(18(2)14-20)25-24(28)9-6-19-15-21(29-3)17-22(16-19)30-4/h7-8,14-17H,5-6,9-13H2,1-4H3,(H,25,28). The van der Waals surface area contributed by atoms with Crippen LogP contribution in [0.3, 0.4) is 0 Å². The molecule has 1 fully saturated rings. The number of aryl methyl sites for hydroxylation is 2. The number of nitrogens with one attached hydrogen (secondary N) is 1. The van der Waals surface area contributed by atoms with Crippen LogP contribution in [0.4, 0.5) is 11.4 Å². The lowest BCUT2D eigenvalue weighted by Crippen LogP contribution is -2.46. The van der Waals surface area contributed by atoms with Crippen molar-refractivity contribution in [3.05, 3.63) is 47.5 Å². The summed E-state index contributed by atoms with van der Waals surface area (Å²) < 4.78 is 10.6. The summed E-state index contributed by atoms with van der Waals surface area (Å²) in [5.74, 6) is 1.47. The van der Waals surface area contributed by atoms with Crippen LogP contribution in [0.1, 0.15) is 24.5 Å². The number of hydrogen-bond donors (Lipinski definition) is 1. The summed E-state index contributed by atoms with van der Waals surface area (Å²) in [6.45, 7) is 9.66. The van der Waals surface area contributed by atoms with E-state index in [9.17, 15) is 4.79 Å². The lowest BCUT2D eigenvalue weighted by molar-refractivity contribution is -0.116. The molecule has 1 aliphatic heterocycles. The first-order valence-electron chi connectivity index (χ1n) is 10.6. The predicted molar refractivity (Wildman–Crippen MR) is 122 cm³/mol. The fraction of sp³-hybridized carbons (Fsp3) is 0.458. The molecule has 30 heavy (non-hydrogen) atoms. The molecular weight excluding hydrogens is 378 g/mol. The van der Waals surface area contributed by atoms with E-state index in [2.05, 4.69) is 34.2 Å². The molecule has 1 N–H and O–H groups in total. The minimum Gasteiger partial charge on any atom is -0.497 e. The summed E-state index contributed by atoms with van der Waals surface area (Å²) in [4.78, 5) is 17.4. The van der Waals surface area contributed by atoms with Gasteiger partial charge in [0.2, 0.25) is 5.91 Å². The fourth-order valence-corrected chi connectivity index (χ4v) is 3.79. The zero-order valence-electron chi connectivity index (χ0n) is 18.5. The van der Waals surface area contributed by atoms with Gasteiger partial charge in [-0.3, -0.25) is 4.79 Å². The first kappa shape index (κ1) is 22.0. The largest absolute Gasteiger partial charge is 0.497 e. The van der Waals surface area contributed by atoms with Gasteiger partial charge in [-0.2, -0.15) is 0 Å². The highest BCUT2D eigenvalue weighted by Gasteiger charge is 2.16. The van der Waals surface area contributed by atoms with Crippen LogP contribution in [-0.4, -0.2) is 57.8 Å². The Kier molecular flexibility index (Phi) is 7.57. The maximum absolute atomic E-state index is 12.5. The number of carbonyl (C=O) groups excluding carboxylic acids is 1. The molecule has 0 aliphatic carbocycles. The summed E-state index contributed by atoms with van der Waals surface area (Å²) in [7, 11) is 3.25. The topological polar surface area (TPSA) is 54.0 Å². The van der Waals surface area contributed by atoms with E-state index < -0.39 is 0 Å². The zero-order chi connectivity index (χ0) is 21.5. The van der Waals surface area contributed by atoms with Gasteiger partial charge >= 0.3 is 0 Å². The van der Waals surface area contributed by atoms with Gasteiger partial charge < -0.3 is 24.6 Å². The van der Waals surface area contributed by atoms with E-state index in [1.54, 1.807) is 14.2 Å². The number of benzene rings is 2. The number of anilines is 2. The number of rotatable bonds is 8. The van der Waals surface area contributed by atoms with E-state index in [0.717, 1.165) is 61.0 Å².